The topological polar surface area (TPSA) is 84.4 Å². The van der Waals surface area contributed by atoms with Gasteiger partial charge in [-0.25, -0.2) is 14.8 Å². The van der Waals surface area contributed by atoms with Gasteiger partial charge in [0.05, 0.1) is 19.5 Å². The molecule has 1 amide bonds. The maximum absolute atomic E-state index is 11.4. The van der Waals surface area contributed by atoms with Gasteiger partial charge in [0.15, 0.2) is 5.69 Å². The van der Waals surface area contributed by atoms with Crippen molar-refractivity contribution in [3.63, 3.8) is 0 Å². The Kier molecular flexibility index (Phi) is 3.94. The molecule has 7 heteroatoms. The number of likely N-dealkylation sites (N-methyl/N-ethyl adjacent to an activating group) is 1. The van der Waals surface area contributed by atoms with Gasteiger partial charge in [-0.05, 0) is 6.42 Å². The summed E-state index contributed by atoms with van der Waals surface area (Å²) in [5.74, 6) is 0.229. The van der Waals surface area contributed by atoms with Crippen molar-refractivity contribution in [2.45, 2.75) is 18.9 Å². The second-order valence-electron chi connectivity index (χ2n) is 4.43. The first-order valence-corrected chi connectivity index (χ1v) is 6.01. The number of nitrogens with zero attached hydrogens (tertiary/aromatic N) is 3. The quantitative estimate of drug-likeness (QED) is 0.790. The Morgan fingerprint density at radius 2 is 2.26 bits per heavy atom. The normalized spacial score (nSPS) is 19.2. The van der Waals surface area contributed by atoms with E-state index in [-0.39, 0.29) is 17.6 Å². The average molecular weight is 264 g/mol. The number of rotatable bonds is 3. The molecule has 1 aromatic rings. The van der Waals surface area contributed by atoms with Crippen LogP contribution in [0.2, 0.25) is 0 Å². The Labute approximate surface area is 111 Å². The number of hydrogen-bond donors (Lipinski definition) is 1. The van der Waals surface area contributed by atoms with Gasteiger partial charge in [0.1, 0.15) is 5.82 Å². The molecule has 2 rings (SSSR count). The summed E-state index contributed by atoms with van der Waals surface area (Å²) in [6, 6.07) is 0.154. The van der Waals surface area contributed by atoms with Crippen LogP contribution in [0.3, 0.4) is 0 Å². The molecule has 7 nitrogen and oxygen atoms in total. The van der Waals surface area contributed by atoms with Crippen molar-refractivity contribution in [2.24, 2.45) is 0 Å². The van der Waals surface area contributed by atoms with E-state index < -0.39 is 5.97 Å². The molecule has 1 saturated heterocycles. The predicted molar refractivity (Wildman–Crippen MR) is 67.7 cm³/mol. The van der Waals surface area contributed by atoms with E-state index in [1.807, 2.05) is 0 Å². The molecule has 0 spiro atoms. The van der Waals surface area contributed by atoms with Gasteiger partial charge in [-0.15, -0.1) is 0 Å². The highest BCUT2D eigenvalue weighted by molar-refractivity contribution is 5.86. The summed E-state index contributed by atoms with van der Waals surface area (Å²) in [5.41, 5.74) is 0.170. The molecule has 102 valence electrons. The van der Waals surface area contributed by atoms with E-state index in [9.17, 15) is 9.59 Å². The molecule has 0 aromatic carbocycles. The number of carbonyl (C=O) groups excluding carboxylic acids is 2. The number of piperidine rings is 1. The highest BCUT2D eigenvalue weighted by Crippen LogP contribution is 2.14. The molecule has 0 bridgehead atoms. The molecule has 1 N–H and O–H groups in total. The molecule has 1 aliphatic rings. The Morgan fingerprint density at radius 3 is 2.84 bits per heavy atom. The maximum Gasteiger partial charge on any atom is 0.358 e. The number of esters is 1. The van der Waals surface area contributed by atoms with Crippen molar-refractivity contribution >= 4 is 17.7 Å². The first kappa shape index (κ1) is 13.3. The van der Waals surface area contributed by atoms with Crippen LogP contribution in [0.5, 0.6) is 0 Å². The summed E-state index contributed by atoms with van der Waals surface area (Å²) in [5, 5.41) is 3.20. The van der Waals surface area contributed by atoms with Gasteiger partial charge in [-0.3, -0.25) is 4.79 Å². The van der Waals surface area contributed by atoms with Crippen LogP contribution in [0, 0.1) is 0 Å². The Hall–Kier alpha value is -2.18. The van der Waals surface area contributed by atoms with Crippen LogP contribution in [0.15, 0.2) is 12.4 Å². The average Bonchev–Trinajstić information content (AvgIpc) is 2.43. The molecule has 2 heterocycles. The van der Waals surface area contributed by atoms with E-state index in [2.05, 4.69) is 20.0 Å². The van der Waals surface area contributed by atoms with E-state index in [0.29, 0.717) is 18.8 Å². The standard InChI is InChI=1S/C12H16N4O3/c1-16-7-8(3-4-11(16)17)15-10-6-13-9(5-14-10)12(18)19-2/h5-6,8H,3-4,7H2,1-2H3,(H,14,15). The van der Waals surface area contributed by atoms with Crippen LogP contribution in [0.1, 0.15) is 23.3 Å². The smallest absolute Gasteiger partial charge is 0.358 e. The summed E-state index contributed by atoms with van der Waals surface area (Å²) in [6.07, 6.45) is 4.15. The van der Waals surface area contributed by atoms with Gasteiger partial charge in [-0.2, -0.15) is 0 Å². The zero-order chi connectivity index (χ0) is 13.8. The lowest BCUT2D eigenvalue weighted by Gasteiger charge is -2.30. The number of methoxy groups -OCH3 is 1. The van der Waals surface area contributed by atoms with Crippen LogP contribution in [0.25, 0.3) is 0 Å². The molecule has 1 unspecified atom stereocenters. The van der Waals surface area contributed by atoms with Crippen molar-refractivity contribution in [1.82, 2.24) is 14.9 Å². The van der Waals surface area contributed by atoms with Gasteiger partial charge in [-0.1, -0.05) is 0 Å². The Morgan fingerprint density at radius 1 is 1.47 bits per heavy atom. The van der Waals surface area contributed by atoms with Crippen molar-refractivity contribution in [1.29, 1.82) is 0 Å². The Bertz CT molecular complexity index is 474. The zero-order valence-corrected chi connectivity index (χ0v) is 10.9. The minimum Gasteiger partial charge on any atom is -0.464 e. The first-order chi connectivity index (χ1) is 9.10. The molecule has 0 aliphatic carbocycles. The molecule has 1 fully saturated rings. The number of carbonyl (C=O) groups is 2. The summed E-state index contributed by atoms with van der Waals surface area (Å²) < 4.78 is 4.55. The molecule has 1 aromatic heterocycles. The minimum atomic E-state index is -0.512. The summed E-state index contributed by atoms with van der Waals surface area (Å²) >= 11 is 0. The monoisotopic (exact) mass is 264 g/mol. The SMILES string of the molecule is COC(=O)c1cnc(NC2CCC(=O)N(C)C2)cn1. The summed E-state index contributed by atoms with van der Waals surface area (Å²) in [4.78, 5) is 32.3. The lowest BCUT2D eigenvalue weighted by Crippen LogP contribution is -2.43. The van der Waals surface area contributed by atoms with Gasteiger partial charge >= 0.3 is 5.97 Å². The van der Waals surface area contributed by atoms with E-state index in [4.69, 9.17) is 0 Å². The van der Waals surface area contributed by atoms with Crippen molar-refractivity contribution in [3.05, 3.63) is 18.1 Å². The van der Waals surface area contributed by atoms with Crippen molar-refractivity contribution < 1.29 is 14.3 Å². The van der Waals surface area contributed by atoms with Gasteiger partial charge < -0.3 is 15.0 Å². The fraction of sp³-hybridized carbons (Fsp3) is 0.500. The molecular formula is C12H16N4O3. The van der Waals surface area contributed by atoms with Crippen LogP contribution in [0.4, 0.5) is 5.82 Å². The molecule has 1 atom stereocenters. The van der Waals surface area contributed by atoms with Crippen LogP contribution in [-0.2, 0) is 9.53 Å². The number of anilines is 1. The largest absolute Gasteiger partial charge is 0.464 e. The van der Waals surface area contributed by atoms with Crippen LogP contribution in [-0.4, -0.2) is 53.5 Å². The first-order valence-electron chi connectivity index (χ1n) is 6.01. The van der Waals surface area contributed by atoms with Crippen LogP contribution >= 0.6 is 0 Å². The maximum atomic E-state index is 11.4. The van der Waals surface area contributed by atoms with Gasteiger partial charge in [0.2, 0.25) is 5.91 Å². The fourth-order valence-electron chi connectivity index (χ4n) is 1.95. The van der Waals surface area contributed by atoms with E-state index in [1.165, 1.54) is 19.5 Å². The number of nitrogens with one attached hydrogen (secondary N) is 1. The third-order valence-electron chi connectivity index (χ3n) is 3.03. The lowest BCUT2D eigenvalue weighted by atomic mass is 10.1. The molecule has 1 aliphatic heterocycles. The van der Waals surface area contributed by atoms with E-state index >= 15 is 0 Å². The number of amides is 1. The van der Waals surface area contributed by atoms with E-state index in [0.717, 1.165) is 6.42 Å². The van der Waals surface area contributed by atoms with Crippen LogP contribution < -0.4 is 5.32 Å². The van der Waals surface area contributed by atoms with Gasteiger partial charge in [0.25, 0.3) is 0 Å². The Balaban J connectivity index is 1.96. The number of hydrogen-bond acceptors (Lipinski definition) is 6. The van der Waals surface area contributed by atoms with Crippen molar-refractivity contribution in [3.8, 4) is 0 Å². The van der Waals surface area contributed by atoms with Crippen molar-refractivity contribution in [2.75, 3.05) is 26.0 Å². The molecule has 0 radical (unpaired) electrons. The summed E-state index contributed by atoms with van der Waals surface area (Å²) in [7, 11) is 3.08. The highest BCUT2D eigenvalue weighted by atomic mass is 16.5. The number of likely N-dealkylation sites (tertiary alicyclic amines) is 1. The summed E-state index contributed by atoms with van der Waals surface area (Å²) in [6.45, 7) is 0.638. The second kappa shape index (κ2) is 5.64. The minimum absolute atomic E-state index is 0.154. The third kappa shape index (κ3) is 3.18. The molecule has 19 heavy (non-hydrogen) atoms. The number of aromatic nitrogens is 2. The number of ether oxygens (including phenoxy) is 1. The van der Waals surface area contributed by atoms with Gasteiger partial charge in [0, 0.05) is 26.1 Å². The second-order valence-corrected chi connectivity index (χ2v) is 4.43. The van der Waals surface area contributed by atoms with E-state index in [1.54, 1.807) is 11.9 Å². The molecular weight excluding hydrogens is 248 g/mol. The predicted octanol–water partition coefficient (Wildman–Crippen LogP) is 0.296. The lowest BCUT2D eigenvalue weighted by molar-refractivity contribution is -0.132. The third-order valence-corrected chi connectivity index (χ3v) is 3.03. The highest BCUT2D eigenvalue weighted by Gasteiger charge is 2.22. The molecule has 0 saturated carbocycles. The fourth-order valence-corrected chi connectivity index (χ4v) is 1.95. The zero-order valence-electron chi connectivity index (χ0n) is 10.9.